The number of carbonyl (C=O) groups excluding carboxylic acids is 1. The van der Waals surface area contributed by atoms with Gasteiger partial charge in [-0.2, -0.15) is 0 Å². The van der Waals surface area contributed by atoms with Crippen LogP contribution < -0.4 is 16.4 Å². The van der Waals surface area contributed by atoms with Gasteiger partial charge in [0.05, 0.1) is 17.3 Å². The van der Waals surface area contributed by atoms with E-state index in [1.165, 1.54) is 43.2 Å². The molecule has 6 nitrogen and oxygen atoms in total. The number of hydrogen-bond donors (Lipinski definition) is 2. The molecule has 4 aliphatic carbocycles. The van der Waals surface area contributed by atoms with Crippen molar-refractivity contribution >= 4 is 16.7 Å². The first-order valence-corrected chi connectivity index (χ1v) is 10.5. The Bertz CT molecular complexity index is 1000. The number of aromatic nitrogens is 2. The van der Waals surface area contributed by atoms with Gasteiger partial charge < -0.3 is 5.32 Å². The summed E-state index contributed by atoms with van der Waals surface area (Å²) in [7, 11) is 0. The number of benzene rings is 1. The fourth-order valence-corrected chi connectivity index (χ4v) is 6.50. The molecular formula is C22H27N3O3. The topological polar surface area (TPSA) is 84.0 Å². The first kappa shape index (κ1) is 17.7. The molecule has 4 aliphatic rings. The summed E-state index contributed by atoms with van der Waals surface area (Å²) in [6.07, 6.45) is 8.16. The van der Waals surface area contributed by atoms with Crippen molar-refractivity contribution < 1.29 is 4.79 Å². The van der Waals surface area contributed by atoms with Crippen LogP contribution in [0.2, 0.25) is 0 Å². The summed E-state index contributed by atoms with van der Waals surface area (Å²) in [6, 6.07) is 6.76. The van der Waals surface area contributed by atoms with Crippen molar-refractivity contribution in [3.8, 4) is 0 Å². The fourth-order valence-electron chi connectivity index (χ4n) is 6.50. The Hall–Kier alpha value is -2.37. The van der Waals surface area contributed by atoms with E-state index in [1.807, 2.05) is 0 Å². The molecule has 2 aromatic rings. The largest absolute Gasteiger partial charge is 0.355 e. The molecule has 1 amide bonds. The highest BCUT2D eigenvalue weighted by Crippen LogP contribution is 2.59. The molecule has 0 aliphatic heterocycles. The zero-order valence-corrected chi connectivity index (χ0v) is 16.1. The van der Waals surface area contributed by atoms with Gasteiger partial charge in [0.1, 0.15) is 0 Å². The lowest BCUT2D eigenvalue weighted by molar-refractivity contribution is -0.123. The van der Waals surface area contributed by atoms with Crippen LogP contribution in [0.15, 0.2) is 33.9 Å². The van der Waals surface area contributed by atoms with Gasteiger partial charge in [-0.1, -0.05) is 12.1 Å². The van der Waals surface area contributed by atoms with E-state index in [-0.39, 0.29) is 30.0 Å². The molecular weight excluding hydrogens is 354 g/mol. The van der Waals surface area contributed by atoms with E-state index >= 15 is 0 Å². The second-order valence-electron chi connectivity index (χ2n) is 9.39. The van der Waals surface area contributed by atoms with Crippen molar-refractivity contribution in [1.29, 1.82) is 0 Å². The third-order valence-electron chi connectivity index (χ3n) is 7.27. The Morgan fingerprint density at radius 3 is 2.29 bits per heavy atom. The summed E-state index contributed by atoms with van der Waals surface area (Å²) in [5.41, 5.74) is -0.258. The molecule has 1 aromatic carbocycles. The average molecular weight is 381 g/mol. The lowest BCUT2D eigenvalue weighted by atomic mass is 9.49. The highest BCUT2D eigenvalue weighted by atomic mass is 16.2. The van der Waals surface area contributed by atoms with Gasteiger partial charge in [-0.05, 0) is 73.8 Å². The minimum atomic E-state index is -0.302. The van der Waals surface area contributed by atoms with Crippen LogP contribution >= 0.6 is 0 Å². The smallest absolute Gasteiger partial charge is 0.273 e. The number of aryl methyl sites for hydroxylation is 1. The van der Waals surface area contributed by atoms with E-state index in [2.05, 4.69) is 10.4 Å². The molecule has 0 unspecified atom stereocenters. The number of nitrogens with zero attached hydrogens (tertiary/aromatic N) is 1. The lowest BCUT2D eigenvalue weighted by Crippen LogP contribution is -2.51. The maximum absolute atomic E-state index is 12.5. The Morgan fingerprint density at radius 1 is 1.04 bits per heavy atom. The van der Waals surface area contributed by atoms with E-state index < -0.39 is 0 Å². The standard InChI is InChI=1S/C22H27N3O3/c26-19(23-13-22-10-14-7-15(11-22)9-16(8-14)12-22)5-6-25-21(28)18-4-2-1-3-17(18)20(27)24-25/h1-4,14-16H,5-13H2,(H,23,26)(H,24,27). The second kappa shape index (κ2) is 6.61. The molecule has 2 N–H and O–H groups in total. The molecule has 4 saturated carbocycles. The first-order chi connectivity index (χ1) is 13.5. The van der Waals surface area contributed by atoms with E-state index in [1.54, 1.807) is 24.3 Å². The third-order valence-corrected chi connectivity index (χ3v) is 7.27. The minimum absolute atomic E-state index is 0.0448. The van der Waals surface area contributed by atoms with Crippen LogP contribution in [0, 0.1) is 23.2 Å². The monoisotopic (exact) mass is 381 g/mol. The lowest BCUT2D eigenvalue weighted by Gasteiger charge is -2.56. The molecule has 4 bridgehead atoms. The fraction of sp³-hybridized carbons (Fsp3) is 0.591. The van der Waals surface area contributed by atoms with Gasteiger partial charge >= 0.3 is 0 Å². The Kier molecular flexibility index (Phi) is 4.18. The van der Waals surface area contributed by atoms with Crippen LogP contribution in [-0.4, -0.2) is 22.2 Å². The van der Waals surface area contributed by atoms with Gasteiger partial charge in [-0.3, -0.25) is 19.5 Å². The van der Waals surface area contributed by atoms with E-state index in [4.69, 9.17) is 0 Å². The highest BCUT2D eigenvalue weighted by molar-refractivity contribution is 5.80. The molecule has 0 spiro atoms. The molecule has 148 valence electrons. The van der Waals surface area contributed by atoms with Crippen LogP contribution in [0.5, 0.6) is 0 Å². The van der Waals surface area contributed by atoms with Crippen LogP contribution in [-0.2, 0) is 11.3 Å². The molecule has 4 fully saturated rings. The van der Waals surface area contributed by atoms with Crippen LogP contribution in [0.3, 0.4) is 0 Å². The van der Waals surface area contributed by atoms with Crippen molar-refractivity contribution in [3.05, 3.63) is 45.0 Å². The van der Waals surface area contributed by atoms with Gasteiger partial charge in [0, 0.05) is 13.0 Å². The van der Waals surface area contributed by atoms with E-state index in [9.17, 15) is 14.4 Å². The van der Waals surface area contributed by atoms with Gasteiger partial charge in [-0.25, -0.2) is 4.68 Å². The number of hydrogen-bond acceptors (Lipinski definition) is 3. The molecule has 1 heterocycles. The number of fused-ring (bicyclic) bond motifs is 1. The van der Waals surface area contributed by atoms with Gasteiger partial charge in [-0.15, -0.1) is 0 Å². The molecule has 28 heavy (non-hydrogen) atoms. The van der Waals surface area contributed by atoms with Crippen molar-refractivity contribution in [1.82, 2.24) is 15.1 Å². The van der Waals surface area contributed by atoms with E-state index in [0.29, 0.717) is 16.2 Å². The summed E-state index contributed by atoms with van der Waals surface area (Å²) in [5.74, 6) is 2.55. The predicted octanol–water partition coefficient (Wildman–Crippen LogP) is 2.41. The quantitative estimate of drug-likeness (QED) is 0.834. The molecule has 6 rings (SSSR count). The summed E-state index contributed by atoms with van der Waals surface area (Å²) >= 11 is 0. The SMILES string of the molecule is O=C(CCn1[nH]c(=O)c2ccccc2c1=O)NCC12CC3CC(CC(C3)C1)C2. The van der Waals surface area contributed by atoms with Crippen LogP contribution in [0.1, 0.15) is 44.9 Å². The van der Waals surface area contributed by atoms with Crippen molar-refractivity contribution in [2.75, 3.05) is 6.54 Å². The van der Waals surface area contributed by atoms with Gasteiger partial charge in [0.15, 0.2) is 0 Å². The molecule has 0 radical (unpaired) electrons. The zero-order valence-electron chi connectivity index (χ0n) is 16.1. The van der Waals surface area contributed by atoms with Crippen LogP contribution in [0.25, 0.3) is 10.8 Å². The average Bonchev–Trinajstić information content (AvgIpc) is 2.67. The summed E-state index contributed by atoms with van der Waals surface area (Å²) in [4.78, 5) is 37.2. The van der Waals surface area contributed by atoms with Crippen molar-refractivity contribution in [3.63, 3.8) is 0 Å². The zero-order chi connectivity index (χ0) is 19.3. The Labute approximate surface area is 163 Å². The predicted molar refractivity (Wildman–Crippen MR) is 107 cm³/mol. The third kappa shape index (κ3) is 3.09. The number of carbonyl (C=O) groups is 1. The molecule has 0 atom stereocenters. The first-order valence-electron chi connectivity index (χ1n) is 10.5. The summed E-state index contributed by atoms with van der Waals surface area (Å²) in [6.45, 7) is 0.949. The van der Waals surface area contributed by atoms with Gasteiger partial charge in [0.25, 0.3) is 11.1 Å². The summed E-state index contributed by atoms with van der Waals surface area (Å²) < 4.78 is 1.26. The minimum Gasteiger partial charge on any atom is -0.355 e. The molecule has 6 heteroatoms. The number of aromatic amines is 1. The number of nitrogens with one attached hydrogen (secondary N) is 2. The number of H-pyrrole nitrogens is 1. The normalized spacial score (nSPS) is 30.6. The second-order valence-corrected chi connectivity index (χ2v) is 9.39. The number of amides is 1. The highest BCUT2D eigenvalue weighted by Gasteiger charge is 2.50. The summed E-state index contributed by atoms with van der Waals surface area (Å²) in [5, 5.41) is 6.50. The maximum atomic E-state index is 12.5. The van der Waals surface area contributed by atoms with Crippen molar-refractivity contribution in [2.24, 2.45) is 23.2 Å². The number of rotatable bonds is 5. The van der Waals surface area contributed by atoms with Gasteiger partial charge in [0.2, 0.25) is 5.91 Å². The van der Waals surface area contributed by atoms with E-state index in [0.717, 1.165) is 24.3 Å². The van der Waals surface area contributed by atoms with Crippen molar-refractivity contribution in [2.45, 2.75) is 51.5 Å². The van der Waals surface area contributed by atoms with Crippen LogP contribution in [0.4, 0.5) is 0 Å². The Morgan fingerprint density at radius 2 is 1.64 bits per heavy atom. The molecule has 0 saturated heterocycles. The Balaban J connectivity index is 1.23. The molecule has 1 aromatic heterocycles. The maximum Gasteiger partial charge on any atom is 0.273 e.